The second-order valence-electron chi connectivity index (χ2n) is 4.12. The molecule has 0 aliphatic carbocycles. The van der Waals surface area contributed by atoms with E-state index < -0.39 is 0 Å². The maximum Gasteiger partial charge on any atom is 0.236 e. The second-order valence-corrected chi connectivity index (χ2v) is 4.12. The lowest BCUT2D eigenvalue weighted by Crippen LogP contribution is -2.43. The smallest absolute Gasteiger partial charge is 0.236 e. The summed E-state index contributed by atoms with van der Waals surface area (Å²) in [5.74, 6) is -0.0191. The molecule has 0 spiro atoms. The third kappa shape index (κ3) is 9.39. The van der Waals surface area contributed by atoms with Gasteiger partial charge in [-0.05, 0) is 25.9 Å². The van der Waals surface area contributed by atoms with Crippen LogP contribution in [0, 0.1) is 0 Å². The minimum absolute atomic E-state index is 0. The molecule has 0 bridgehead atoms. The molecule has 0 aromatic carbocycles. The summed E-state index contributed by atoms with van der Waals surface area (Å²) in [6, 6.07) is -0.341. The molecule has 0 saturated heterocycles. The number of halogens is 1. The predicted molar refractivity (Wildman–Crippen MR) is 75.5 cm³/mol. The van der Waals surface area contributed by atoms with Crippen molar-refractivity contribution in [2.45, 2.75) is 46.1 Å². The summed E-state index contributed by atoms with van der Waals surface area (Å²) in [7, 11) is 0. The van der Waals surface area contributed by atoms with Gasteiger partial charge in [0.25, 0.3) is 0 Å². The molecule has 3 N–H and O–H groups in total. The summed E-state index contributed by atoms with van der Waals surface area (Å²) in [4.78, 5) is 13.8. The molecule has 0 rings (SSSR count). The zero-order chi connectivity index (χ0) is 12.4. The van der Waals surface area contributed by atoms with Crippen LogP contribution < -0.4 is 11.1 Å². The monoisotopic (exact) mass is 265 g/mol. The van der Waals surface area contributed by atoms with Crippen molar-refractivity contribution in [1.82, 2.24) is 10.2 Å². The largest absolute Gasteiger partial charge is 0.353 e. The molecule has 1 atom stereocenters. The molecular formula is C12H28ClN3O. The van der Waals surface area contributed by atoms with E-state index in [1.807, 2.05) is 6.92 Å². The quantitative estimate of drug-likeness (QED) is 0.662. The minimum Gasteiger partial charge on any atom is -0.353 e. The number of carbonyl (C=O) groups is 1. The first-order valence-corrected chi connectivity index (χ1v) is 6.41. The molecule has 17 heavy (non-hydrogen) atoms. The number of likely N-dealkylation sites (N-methyl/N-ethyl adjacent to an activating group) is 1. The van der Waals surface area contributed by atoms with Gasteiger partial charge in [0.05, 0.1) is 6.04 Å². The van der Waals surface area contributed by atoms with E-state index in [4.69, 9.17) is 5.73 Å². The Kier molecular flexibility index (Phi) is 13.6. The minimum atomic E-state index is -0.341. The summed E-state index contributed by atoms with van der Waals surface area (Å²) >= 11 is 0. The van der Waals surface area contributed by atoms with E-state index in [0.717, 1.165) is 38.9 Å². The maximum atomic E-state index is 11.5. The fourth-order valence-corrected chi connectivity index (χ4v) is 1.65. The SMILES string of the molecule is CCCC(N)C(=O)NCCN(CC)CCC.Cl. The van der Waals surface area contributed by atoms with E-state index in [1.165, 1.54) is 0 Å². The molecule has 0 aliphatic heterocycles. The Morgan fingerprint density at radius 3 is 2.35 bits per heavy atom. The van der Waals surface area contributed by atoms with E-state index >= 15 is 0 Å². The van der Waals surface area contributed by atoms with Crippen molar-refractivity contribution in [1.29, 1.82) is 0 Å². The molecule has 0 radical (unpaired) electrons. The van der Waals surface area contributed by atoms with Crippen LogP contribution in [-0.2, 0) is 4.79 Å². The van der Waals surface area contributed by atoms with E-state index in [9.17, 15) is 4.79 Å². The lowest BCUT2D eigenvalue weighted by atomic mass is 10.2. The van der Waals surface area contributed by atoms with Gasteiger partial charge in [0.15, 0.2) is 0 Å². The van der Waals surface area contributed by atoms with E-state index in [-0.39, 0.29) is 24.4 Å². The maximum absolute atomic E-state index is 11.5. The van der Waals surface area contributed by atoms with Gasteiger partial charge in [0.2, 0.25) is 5.91 Å². The van der Waals surface area contributed by atoms with Crippen LogP contribution in [0.4, 0.5) is 0 Å². The summed E-state index contributed by atoms with van der Waals surface area (Å²) in [5, 5.41) is 2.88. The highest BCUT2D eigenvalue weighted by Gasteiger charge is 2.11. The van der Waals surface area contributed by atoms with Crippen LogP contribution in [-0.4, -0.2) is 43.0 Å². The average molecular weight is 266 g/mol. The molecule has 104 valence electrons. The molecule has 0 heterocycles. The molecule has 0 aliphatic rings. The van der Waals surface area contributed by atoms with Crippen LogP contribution in [0.3, 0.4) is 0 Å². The number of hydrogen-bond acceptors (Lipinski definition) is 3. The molecular weight excluding hydrogens is 238 g/mol. The Morgan fingerprint density at radius 2 is 1.88 bits per heavy atom. The second kappa shape index (κ2) is 12.1. The number of rotatable bonds is 9. The molecule has 5 heteroatoms. The molecule has 4 nitrogen and oxygen atoms in total. The number of amides is 1. The van der Waals surface area contributed by atoms with Crippen LogP contribution in [0.2, 0.25) is 0 Å². The average Bonchev–Trinajstić information content (AvgIpc) is 2.28. The lowest BCUT2D eigenvalue weighted by Gasteiger charge is -2.20. The first kappa shape index (κ1) is 19.0. The summed E-state index contributed by atoms with van der Waals surface area (Å²) < 4.78 is 0. The third-order valence-electron chi connectivity index (χ3n) is 2.65. The Labute approximate surface area is 112 Å². The fraction of sp³-hybridized carbons (Fsp3) is 0.917. The van der Waals surface area contributed by atoms with Gasteiger partial charge in [-0.1, -0.05) is 27.2 Å². The van der Waals surface area contributed by atoms with Crippen LogP contribution in [0.15, 0.2) is 0 Å². The van der Waals surface area contributed by atoms with E-state index in [0.29, 0.717) is 6.54 Å². The molecule has 1 unspecified atom stereocenters. The van der Waals surface area contributed by atoms with Gasteiger partial charge < -0.3 is 16.0 Å². The number of nitrogens with zero attached hydrogens (tertiary/aromatic N) is 1. The van der Waals surface area contributed by atoms with Crippen LogP contribution in [0.5, 0.6) is 0 Å². The molecule has 0 aromatic heterocycles. The fourth-order valence-electron chi connectivity index (χ4n) is 1.65. The van der Waals surface area contributed by atoms with E-state index in [1.54, 1.807) is 0 Å². The lowest BCUT2D eigenvalue weighted by molar-refractivity contribution is -0.122. The highest BCUT2D eigenvalue weighted by Crippen LogP contribution is 1.93. The summed E-state index contributed by atoms with van der Waals surface area (Å²) in [6.07, 6.45) is 2.86. The van der Waals surface area contributed by atoms with Crippen molar-refractivity contribution < 1.29 is 4.79 Å². The van der Waals surface area contributed by atoms with Crippen molar-refractivity contribution in [2.75, 3.05) is 26.2 Å². The molecule has 0 saturated carbocycles. The van der Waals surface area contributed by atoms with Crippen molar-refractivity contribution in [3.05, 3.63) is 0 Å². The first-order chi connectivity index (χ1) is 7.65. The van der Waals surface area contributed by atoms with Gasteiger partial charge in [0.1, 0.15) is 0 Å². The Morgan fingerprint density at radius 1 is 1.24 bits per heavy atom. The number of nitrogens with two attached hydrogens (primary N) is 1. The van der Waals surface area contributed by atoms with E-state index in [2.05, 4.69) is 24.1 Å². The zero-order valence-corrected chi connectivity index (χ0v) is 12.2. The van der Waals surface area contributed by atoms with Crippen molar-refractivity contribution in [3.63, 3.8) is 0 Å². The van der Waals surface area contributed by atoms with Gasteiger partial charge in [0, 0.05) is 13.1 Å². The Bertz CT molecular complexity index is 191. The topological polar surface area (TPSA) is 58.4 Å². The summed E-state index contributed by atoms with van der Waals surface area (Å²) in [6.45, 7) is 10.1. The van der Waals surface area contributed by atoms with Crippen molar-refractivity contribution in [3.8, 4) is 0 Å². The van der Waals surface area contributed by atoms with Crippen LogP contribution in [0.1, 0.15) is 40.0 Å². The van der Waals surface area contributed by atoms with Gasteiger partial charge in [-0.15, -0.1) is 12.4 Å². The third-order valence-corrected chi connectivity index (χ3v) is 2.65. The van der Waals surface area contributed by atoms with Gasteiger partial charge in [-0.2, -0.15) is 0 Å². The predicted octanol–water partition coefficient (Wildman–Crippen LogP) is 1.38. The summed E-state index contributed by atoms with van der Waals surface area (Å²) in [5.41, 5.74) is 5.71. The van der Waals surface area contributed by atoms with Gasteiger partial charge in [-0.3, -0.25) is 4.79 Å². The standard InChI is InChI=1S/C12H27N3O.ClH/c1-4-7-11(13)12(16)14-8-10-15(6-3)9-5-2;/h11H,4-10,13H2,1-3H3,(H,14,16);1H. The highest BCUT2D eigenvalue weighted by molar-refractivity contribution is 5.85. The Balaban J connectivity index is 0. The van der Waals surface area contributed by atoms with Gasteiger partial charge >= 0.3 is 0 Å². The number of nitrogens with one attached hydrogen (secondary N) is 1. The van der Waals surface area contributed by atoms with Crippen molar-refractivity contribution in [2.24, 2.45) is 5.73 Å². The number of hydrogen-bond donors (Lipinski definition) is 2. The first-order valence-electron chi connectivity index (χ1n) is 6.41. The van der Waals surface area contributed by atoms with Crippen molar-refractivity contribution >= 4 is 18.3 Å². The zero-order valence-electron chi connectivity index (χ0n) is 11.4. The molecule has 1 amide bonds. The van der Waals surface area contributed by atoms with Gasteiger partial charge in [-0.25, -0.2) is 0 Å². The number of carbonyl (C=O) groups excluding carboxylic acids is 1. The highest BCUT2D eigenvalue weighted by atomic mass is 35.5. The molecule has 0 aromatic rings. The Hall–Kier alpha value is -0.320. The normalized spacial score (nSPS) is 12.1. The van der Waals surface area contributed by atoms with Crippen LogP contribution >= 0.6 is 12.4 Å². The molecule has 0 fully saturated rings. The van der Waals surface area contributed by atoms with Crippen LogP contribution in [0.25, 0.3) is 0 Å².